The first-order chi connectivity index (χ1) is 5.77. The number of nitrogens with two attached hydrogens (primary N) is 1. The minimum Gasteiger partial charge on any atom is -0.333 e. The number of rotatable bonds is 6. The van der Waals surface area contributed by atoms with Crippen molar-refractivity contribution in [3.63, 3.8) is 0 Å². The third-order valence-corrected chi connectivity index (χ3v) is 1.40. The summed E-state index contributed by atoms with van der Waals surface area (Å²) >= 11 is 0. The molecule has 4 nitrogen and oxygen atoms in total. The monoisotopic (exact) mass is 172 g/mol. The fourth-order valence-corrected chi connectivity index (χ4v) is 0.804. The highest BCUT2D eigenvalue weighted by molar-refractivity contribution is 5.66. The van der Waals surface area contributed by atoms with Gasteiger partial charge in [0, 0.05) is 6.21 Å². The fraction of sp³-hybridized carbons (Fsp3) is 0.750. The van der Waals surface area contributed by atoms with Crippen LogP contribution in [-0.2, 0) is 4.84 Å². The molecule has 0 aliphatic rings. The van der Waals surface area contributed by atoms with Gasteiger partial charge in [-0.2, -0.15) is 0 Å². The first-order valence-corrected chi connectivity index (χ1v) is 4.25. The highest BCUT2D eigenvalue weighted by Crippen LogP contribution is 2.00. The average molecular weight is 172 g/mol. The molecular formula is C8H16N2O2. The minimum atomic E-state index is -0.861. The van der Waals surface area contributed by atoms with Crippen molar-refractivity contribution in [3.05, 3.63) is 0 Å². The molecule has 0 bridgehead atoms. The lowest BCUT2D eigenvalue weighted by atomic mass is 10.2. The summed E-state index contributed by atoms with van der Waals surface area (Å²) < 4.78 is 0. The molecular weight excluding hydrogens is 156 g/mol. The van der Waals surface area contributed by atoms with Crippen LogP contribution in [0.1, 0.15) is 39.0 Å². The molecule has 0 spiro atoms. The second-order valence-electron chi connectivity index (χ2n) is 2.55. The van der Waals surface area contributed by atoms with E-state index < -0.39 is 6.09 Å². The van der Waals surface area contributed by atoms with Crippen molar-refractivity contribution in [2.24, 2.45) is 10.9 Å². The Balaban J connectivity index is 3.08. The van der Waals surface area contributed by atoms with E-state index in [1.165, 1.54) is 19.3 Å². The molecule has 0 aromatic heterocycles. The van der Waals surface area contributed by atoms with E-state index in [0.29, 0.717) is 0 Å². The molecule has 0 fully saturated rings. The van der Waals surface area contributed by atoms with Gasteiger partial charge < -0.3 is 5.73 Å². The van der Waals surface area contributed by atoms with Crippen LogP contribution in [-0.4, -0.2) is 12.3 Å². The zero-order chi connectivity index (χ0) is 9.23. The summed E-state index contributed by atoms with van der Waals surface area (Å²) in [6, 6.07) is 0. The van der Waals surface area contributed by atoms with Crippen LogP contribution in [0.3, 0.4) is 0 Å². The minimum absolute atomic E-state index is 0.841. The van der Waals surface area contributed by atoms with Gasteiger partial charge in [-0.25, -0.2) is 4.79 Å². The lowest BCUT2D eigenvalue weighted by molar-refractivity contribution is 0.162. The van der Waals surface area contributed by atoms with Crippen LogP contribution >= 0.6 is 0 Å². The molecule has 0 saturated carbocycles. The number of hydrogen-bond donors (Lipinski definition) is 1. The Morgan fingerprint density at radius 1 is 1.50 bits per heavy atom. The summed E-state index contributed by atoms with van der Waals surface area (Å²) in [7, 11) is 0. The Bertz CT molecular complexity index is 146. The molecule has 0 rings (SSSR count). The largest absolute Gasteiger partial charge is 0.430 e. The molecule has 0 aliphatic carbocycles. The van der Waals surface area contributed by atoms with Crippen molar-refractivity contribution in [1.82, 2.24) is 0 Å². The van der Waals surface area contributed by atoms with Crippen molar-refractivity contribution in [3.8, 4) is 0 Å². The van der Waals surface area contributed by atoms with Gasteiger partial charge in [-0.1, -0.05) is 31.3 Å². The van der Waals surface area contributed by atoms with E-state index in [9.17, 15) is 4.79 Å². The predicted octanol–water partition coefficient (Wildman–Crippen LogP) is 2.04. The van der Waals surface area contributed by atoms with Crippen molar-refractivity contribution in [2.45, 2.75) is 39.0 Å². The van der Waals surface area contributed by atoms with Crippen molar-refractivity contribution in [1.29, 1.82) is 0 Å². The molecule has 0 aromatic carbocycles. The lowest BCUT2D eigenvalue weighted by Crippen LogP contribution is -2.09. The third kappa shape index (κ3) is 8.94. The van der Waals surface area contributed by atoms with E-state index in [2.05, 4.69) is 22.7 Å². The molecule has 12 heavy (non-hydrogen) atoms. The maximum Gasteiger partial charge on any atom is 0.430 e. The summed E-state index contributed by atoms with van der Waals surface area (Å²) in [6.07, 6.45) is 6.28. The number of carbonyl (C=O) groups is 1. The molecule has 70 valence electrons. The van der Waals surface area contributed by atoms with Crippen molar-refractivity contribution >= 4 is 12.3 Å². The van der Waals surface area contributed by atoms with Crippen LogP contribution in [0.4, 0.5) is 4.79 Å². The Labute approximate surface area is 72.8 Å². The van der Waals surface area contributed by atoms with Crippen LogP contribution in [0.5, 0.6) is 0 Å². The Kier molecular flexibility index (Phi) is 7.33. The topological polar surface area (TPSA) is 64.7 Å². The first kappa shape index (κ1) is 10.9. The lowest BCUT2D eigenvalue weighted by Gasteiger charge is -1.93. The van der Waals surface area contributed by atoms with Crippen molar-refractivity contribution < 1.29 is 9.63 Å². The van der Waals surface area contributed by atoms with Gasteiger partial charge in [-0.05, 0) is 12.8 Å². The number of primary amides is 1. The quantitative estimate of drug-likeness (QED) is 0.288. The molecule has 0 aliphatic heterocycles. The molecule has 0 heterocycles. The molecule has 0 unspecified atom stereocenters. The van der Waals surface area contributed by atoms with Gasteiger partial charge in [0.15, 0.2) is 0 Å². The molecule has 0 radical (unpaired) electrons. The molecule has 2 N–H and O–H groups in total. The van der Waals surface area contributed by atoms with Crippen LogP contribution < -0.4 is 5.73 Å². The highest BCUT2D eigenvalue weighted by atomic mass is 16.7. The SMILES string of the molecule is CCCCCC/C=N\OC(N)=O. The summed E-state index contributed by atoms with van der Waals surface area (Å²) in [6.45, 7) is 2.16. The normalized spacial score (nSPS) is 10.4. The van der Waals surface area contributed by atoms with Crippen LogP contribution in [0.25, 0.3) is 0 Å². The first-order valence-electron chi connectivity index (χ1n) is 4.25. The third-order valence-electron chi connectivity index (χ3n) is 1.40. The number of unbranched alkanes of at least 4 members (excludes halogenated alkanes) is 4. The number of nitrogens with zero attached hydrogens (tertiary/aromatic N) is 1. The van der Waals surface area contributed by atoms with Gasteiger partial charge in [-0.3, -0.25) is 4.84 Å². The maximum absolute atomic E-state index is 10.0. The number of amides is 1. The summed E-state index contributed by atoms with van der Waals surface area (Å²) in [5, 5.41) is 3.37. The second-order valence-corrected chi connectivity index (χ2v) is 2.55. The molecule has 4 heteroatoms. The molecule has 0 aromatic rings. The Morgan fingerprint density at radius 3 is 2.83 bits per heavy atom. The number of oxime groups is 1. The zero-order valence-corrected chi connectivity index (χ0v) is 7.45. The Morgan fingerprint density at radius 2 is 2.25 bits per heavy atom. The van der Waals surface area contributed by atoms with Crippen LogP contribution in [0.15, 0.2) is 5.16 Å². The molecule has 0 saturated heterocycles. The standard InChI is InChI=1S/C8H16N2O2/c1-2-3-4-5-6-7-10-12-8(9)11/h7H,2-6H2,1H3,(H2,9,11)/b10-7-. The van der Waals surface area contributed by atoms with E-state index >= 15 is 0 Å². The van der Waals surface area contributed by atoms with E-state index in [1.54, 1.807) is 6.21 Å². The summed E-state index contributed by atoms with van der Waals surface area (Å²) in [4.78, 5) is 14.2. The van der Waals surface area contributed by atoms with Crippen LogP contribution in [0, 0.1) is 0 Å². The Hall–Kier alpha value is -1.06. The predicted molar refractivity (Wildman–Crippen MR) is 47.9 cm³/mol. The van der Waals surface area contributed by atoms with E-state index in [1.807, 2.05) is 0 Å². The van der Waals surface area contributed by atoms with Crippen LogP contribution in [0.2, 0.25) is 0 Å². The summed E-state index contributed by atoms with van der Waals surface area (Å²) in [5.41, 5.74) is 4.68. The van der Waals surface area contributed by atoms with E-state index in [-0.39, 0.29) is 0 Å². The van der Waals surface area contributed by atoms with E-state index in [0.717, 1.165) is 12.8 Å². The average Bonchev–Trinajstić information content (AvgIpc) is 2.02. The summed E-state index contributed by atoms with van der Waals surface area (Å²) in [5.74, 6) is 0. The number of hydrogen-bond acceptors (Lipinski definition) is 3. The van der Waals surface area contributed by atoms with Gasteiger partial charge >= 0.3 is 6.09 Å². The van der Waals surface area contributed by atoms with Gasteiger partial charge in [0.25, 0.3) is 0 Å². The smallest absolute Gasteiger partial charge is 0.333 e. The molecule has 0 atom stereocenters. The second kappa shape index (κ2) is 8.04. The van der Waals surface area contributed by atoms with Gasteiger partial charge in [0.1, 0.15) is 0 Å². The van der Waals surface area contributed by atoms with Crippen molar-refractivity contribution in [2.75, 3.05) is 0 Å². The molecule has 1 amide bonds. The number of carbonyl (C=O) groups excluding carboxylic acids is 1. The fourth-order valence-electron chi connectivity index (χ4n) is 0.804. The maximum atomic E-state index is 10.0. The van der Waals surface area contributed by atoms with Gasteiger partial charge in [-0.15, -0.1) is 0 Å². The van der Waals surface area contributed by atoms with Gasteiger partial charge in [0.2, 0.25) is 0 Å². The zero-order valence-electron chi connectivity index (χ0n) is 7.45. The van der Waals surface area contributed by atoms with Gasteiger partial charge in [0.05, 0.1) is 0 Å². The van der Waals surface area contributed by atoms with E-state index in [4.69, 9.17) is 0 Å². The highest BCUT2D eigenvalue weighted by Gasteiger charge is 1.87.